The molecule has 1 atom stereocenters. The molecule has 0 saturated heterocycles. The van der Waals surface area contributed by atoms with Gasteiger partial charge in [-0.2, -0.15) is 0 Å². The van der Waals surface area contributed by atoms with Gasteiger partial charge in [0.1, 0.15) is 6.61 Å². The SMILES string of the molecule is O=C1OCc2cccc3cccc(c23)[S@@](=O)c2cccc3cccc1c23. The van der Waals surface area contributed by atoms with Gasteiger partial charge in [-0.1, -0.05) is 54.6 Å². The Morgan fingerprint density at radius 2 is 1.31 bits per heavy atom. The summed E-state index contributed by atoms with van der Waals surface area (Å²) in [5, 5.41) is 3.48. The van der Waals surface area contributed by atoms with Crippen molar-refractivity contribution in [2.45, 2.75) is 16.4 Å². The largest absolute Gasteiger partial charge is 0.457 e. The van der Waals surface area contributed by atoms with Gasteiger partial charge in [-0.25, -0.2) is 9.00 Å². The van der Waals surface area contributed by atoms with Crippen molar-refractivity contribution in [2.75, 3.05) is 0 Å². The van der Waals surface area contributed by atoms with E-state index in [-0.39, 0.29) is 6.61 Å². The van der Waals surface area contributed by atoms with Crippen LogP contribution in [-0.2, 0) is 22.1 Å². The van der Waals surface area contributed by atoms with Crippen LogP contribution in [0.25, 0.3) is 21.5 Å². The van der Waals surface area contributed by atoms with Crippen molar-refractivity contribution >= 4 is 38.3 Å². The molecule has 3 nitrogen and oxygen atoms in total. The highest BCUT2D eigenvalue weighted by atomic mass is 32.2. The fourth-order valence-corrected chi connectivity index (χ4v) is 5.12. The molecular weight excluding hydrogens is 344 g/mol. The first-order valence-corrected chi connectivity index (χ1v) is 9.50. The summed E-state index contributed by atoms with van der Waals surface area (Å²) in [6, 6.07) is 22.8. The van der Waals surface area contributed by atoms with Gasteiger partial charge in [0, 0.05) is 10.8 Å². The van der Waals surface area contributed by atoms with Gasteiger partial charge >= 0.3 is 5.97 Å². The molecule has 0 radical (unpaired) electrons. The predicted molar refractivity (Wildman–Crippen MR) is 102 cm³/mol. The molecular formula is C22H14O3S. The van der Waals surface area contributed by atoms with Crippen molar-refractivity contribution in [1.82, 2.24) is 0 Å². The van der Waals surface area contributed by atoms with Crippen LogP contribution in [0.4, 0.5) is 0 Å². The smallest absolute Gasteiger partial charge is 0.339 e. The van der Waals surface area contributed by atoms with Crippen LogP contribution in [0.5, 0.6) is 0 Å². The normalized spacial score (nSPS) is 16.5. The second-order valence-electron chi connectivity index (χ2n) is 6.28. The minimum atomic E-state index is -1.41. The topological polar surface area (TPSA) is 43.4 Å². The number of carbonyl (C=O) groups is 1. The first-order chi connectivity index (χ1) is 12.7. The lowest BCUT2D eigenvalue weighted by atomic mass is 10.0. The van der Waals surface area contributed by atoms with Gasteiger partial charge in [-0.3, -0.25) is 0 Å². The number of rotatable bonds is 0. The zero-order valence-corrected chi connectivity index (χ0v) is 14.6. The van der Waals surface area contributed by atoms with Gasteiger partial charge in [0.15, 0.2) is 0 Å². The second kappa shape index (κ2) is 5.78. The zero-order chi connectivity index (χ0) is 17.7. The maximum atomic E-state index is 13.6. The van der Waals surface area contributed by atoms with E-state index in [9.17, 15) is 9.00 Å². The summed E-state index contributed by atoms with van der Waals surface area (Å²) in [6.45, 7) is 0.156. The van der Waals surface area contributed by atoms with Gasteiger partial charge in [0.2, 0.25) is 0 Å². The molecule has 4 aromatic carbocycles. The number of benzene rings is 4. The lowest BCUT2D eigenvalue weighted by Crippen LogP contribution is -2.10. The van der Waals surface area contributed by atoms with Crippen LogP contribution in [0.15, 0.2) is 82.6 Å². The summed E-state index contributed by atoms with van der Waals surface area (Å²) in [6.07, 6.45) is 0. The zero-order valence-electron chi connectivity index (χ0n) is 13.8. The minimum absolute atomic E-state index is 0.156. The quantitative estimate of drug-likeness (QED) is 0.423. The van der Waals surface area contributed by atoms with E-state index in [0.29, 0.717) is 15.8 Å². The van der Waals surface area contributed by atoms with Crippen molar-refractivity contribution in [3.63, 3.8) is 0 Å². The van der Waals surface area contributed by atoms with Crippen LogP contribution >= 0.6 is 0 Å². The summed E-state index contributed by atoms with van der Waals surface area (Å²) in [5.74, 6) is -0.392. The van der Waals surface area contributed by atoms with Gasteiger partial charge in [0.05, 0.1) is 26.2 Å². The summed E-state index contributed by atoms with van der Waals surface area (Å²) >= 11 is 0. The second-order valence-corrected chi connectivity index (χ2v) is 7.69. The van der Waals surface area contributed by atoms with E-state index < -0.39 is 16.8 Å². The molecule has 26 heavy (non-hydrogen) atoms. The van der Waals surface area contributed by atoms with Crippen molar-refractivity contribution in [3.05, 3.63) is 83.9 Å². The number of hydrogen-bond donors (Lipinski definition) is 0. The molecule has 0 unspecified atom stereocenters. The molecule has 126 valence electrons. The Hall–Kier alpha value is -2.98. The minimum Gasteiger partial charge on any atom is -0.457 e. The van der Waals surface area contributed by atoms with Crippen molar-refractivity contribution in [3.8, 4) is 0 Å². The molecule has 0 amide bonds. The van der Waals surface area contributed by atoms with Gasteiger partial charge in [-0.15, -0.1) is 0 Å². The first-order valence-electron chi connectivity index (χ1n) is 8.35. The van der Waals surface area contributed by atoms with Crippen LogP contribution in [0.2, 0.25) is 0 Å². The van der Waals surface area contributed by atoms with Gasteiger partial charge < -0.3 is 4.74 Å². The average molecular weight is 358 g/mol. The number of ether oxygens (including phenoxy) is 1. The molecule has 1 aliphatic heterocycles. The van der Waals surface area contributed by atoms with E-state index in [1.807, 2.05) is 66.7 Å². The number of hydrogen-bond acceptors (Lipinski definition) is 3. The molecule has 4 heteroatoms. The maximum absolute atomic E-state index is 13.6. The number of cyclic esters (lactones) is 1. The highest BCUT2D eigenvalue weighted by Crippen LogP contribution is 2.34. The van der Waals surface area contributed by atoms with E-state index in [0.717, 1.165) is 26.6 Å². The fraction of sp³-hybridized carbons (Fsp3) is 0.0455. The number of esters is 1. The van der Waals surface area contributed by atoms with Crippen LogP contribution in [-0.4, -0.2) is 10.2 Å². The number of carbonyl (C=O) groups excluding carboxylic acids is 1. The molecule has 5 rings (SSSR count). The molecule has 0 aliphatic carbocycles. The average Bonchev–Trinajstić information content (AvgIpc) is 2.69. The van der Waals surface area contributed by atoms with Crippen LogP contribution < -0.4 is 0 Å². The fourth-order valence-electron chi connectivity index (χ4n) is 3.63. The molecule has 1 aliphatic rings. The van der Waals surface area contributed by atoms with E-state index in [2.05, 4.69) is 0 Å². The van der Waals surface area contributed by atoms with E-state index in [1.165, 1.54) is 0 Å². The Kier molecular flexibility index (Phi) is 3.40. The van der Waals surface area contributed by atoms with Crippen LogP contribution in [0.1, 0.15) is 15.9 Å². The Bertz CT molecular complexity index is 1220. The van der Waals surface area contributed by atoms with Crippen LogP contribution in [0.3, 0.4) is 0 Å². The lowest BCUT2D eigenvalue weighted by Gasteiger charge is -2.17. The van der Waals surface area contributed by atoms with Crippen molar-refractivity contribution in [1.29, 1.82) is 0 Å². The van der Waals surface area contributed by atoms with Crippen molar-refractivity contribution in [2.24, 2.45) is 0 Å². The summed E-state index contributed by atoms with van der Waals surface area (Å²) in [5.41, 5.74) is 1.32. The third kappa shape index (κ3) is 2.19. The van der Waals surface area contributed by atoms with Crippen molar-refractivity contribution < 1.29 is 13.7 Å². The molecule has 0 spiro atoms. The Labute approximate surface area is 152 Å². The summed E-state index contributed by atoms with van der Waals surface area (Å²) in [4.78, 5) is 14.1. The molecule has 0 aromatic heterocycles. The molecule has 0 bridgehead atoms. The monoisotopic (exact) mass is 358 g/mol. The molecule has 0 saturated carbocycles. The summed E-state index contributed by atoms with van der Waals surface area (Å²) in [7, 11) is -1.41. The maximum Gasteiger partial charge on any atom is 0.339 e. The van der Waals surface area contributed by atoms with E-state index in [4.69, 9.17) is 4.74 Å². The molecule has 4 aromatic rings. The highest BCUT2D eigenvalue weighted by Gasteiger charge is 2.22. The van der Waals surface area contributed by atoms with Crippen LogP contribution in [0, 0.1) is 0 Å². The first kappa shape index (κ1) is 15.3. The Morgan fingerprint density at radius 3 is 2.04 bits per heavy atom. The molecule has 0 fully saturated rings. The molecule has 0 N–H and O–H groups in total. The highest BCUT2D eigenvalue weighted by molar-refractivity contribution is 7.85. The lowest BCUT2D eigenvalue weighted by molar-refractivity contribution is 0.0476. The standard InChI is InChI=1S/C22H14O3S/c23-22-17-10-2-6-15-8-4-12-19(21(15)17)26(24)18-11-3-7-14-5-1-9-16(13-25-22)20(14)18/h1-12H,13H2/t26-/m1/s1. The third-order valence-electron chi connectivity index (χ3n) is 4.80. The van der Waals surface area contributed by atoms with E-state index in [1.54, 1.807) is 6.07 Å². The predicted octanol–water partition coefficient (Wildman–Crippen LogP) is 4.83. The van der Waals surface area contributed by atoms with Gasteiger partial charge in [0.25, 0.3) is 0 Å². The molecule has 1 heterocycles. The summed E-state index contributed by atoms with van der Waals surface area (Å²) < 4.78 is 19.2. The van der Waals surface area contributed by atoms with Gasteiger partial charge in [-0.05, 0) is 34.5 Å². The Morgan fingerprint density at radius 1 is 0.731 bits per heavy atom. The third-order valence-corrected chi connectivity index (χ3v) is 6.28. The van der Waals surface area contributed by atoms with E-state index >= 15 is 0 Å². The Balaban J connectivity index is 1.93.